The van der Waals surface area contributed by atoms with Crippen LogP contribution in [0, 0.1) is 11.6 Å². The second-order valence-corrected chi connectivity index (χ2v) is 8.02. The quantitative estimate of drug-likeness (QED) is 0.376. The highest BCUT2D eigenvalue weighted by molar-refractivity contribution is 5.81. The number of carboxylic acids is 1. The largest absolute Gasteiger partial charge is 0.481 e. The summed E-state index contributed by atoms with van der Waals surface area (Å²) in [6.07, 6.45) is 0.356. The summed E-state index contributed by atoms with van der Waals surface area (Å²) < 4.78 is 29.0. The molecule has 0 aliphatic carbocycles. The molecule has 0 radical (unpaired) electrons. The number of nitrogens with zero attached hydrogens (tertiary/aromatic N) is 2. The lowest BCUT2D eigenvalue weighted by atomic mass is 10.0. The minimum Gasteiger partial charge on any atom is -0.481 e. The molecule has 2 aromatic carbocycles. The lowest BCUT2D eigenvalue weighted by Crippen LogP contribution is -2.19. The summed E-state index contributed by atoms with van der Waals surface area (Å²) in [5.74, 6) is -1.36. The van der Waals surface area contributed by atoms with E-state index in [1.807, 2.05) is 4.57 Å². The van der Waals surface area contributed by atoms with Gasteiger partial charge in [-0.15, -0.1) is 0 Å². The lowest BCUT2D eigenvalue weighted by molar-refractivity contribution is -0.139. The van der Waals surface area contributed by atoms with Crippen LogP contribution in [0.15, 0.2) is 67.3 Å². The second-order valence-electron chi connectivity index (χ2n) is 8.02. The first-order valence-corrected chi connectivity index (χ1v) is 10.7. The average molecular weight is 469 g/mol. The van der Waals surface area contributed by atoms with Crippen molar-refractivity contribution in [3.63, 3.8) is 0 Å². The number of rotatable bonds is 10. The number of halogens is 2. The van der Waals surface area contributed by atoms with Gasteiger partial charge in [0.05, 0.1) is 30.0 Å². The first-order valence-electron chi connectivity index (χ1n) is 10.7. The predicted octanol–water partition coefficient (Wildman–Crippen LogP) is 4.67. The van der Waals surface area contributed by atoms with Crippen molar-refractivity contribution in [1.29, 1.82) is 0 Å². The Bertz CT molecular complexity index is 1180. The minimum absolute atomic E-state index is 0.119. The van der Waals surface area contributed by atoms with Crippen molar-refractivity contribution in [3.05, 3.63) is 84.7 Å². The maximum Gasteiger partial charge on any atom is 0.305 e. The maximum atomic E-state index is 13.6. The molecule has 0 amide bonds. The van der Waals surface area contributed by atoms with E-state index in [4.69, 9.17) is 10.1 Å². The summed E-state index contributed by atoms with van der Waals surface area (Å²) in [6, 6.07) is 11.8. The normalized spacial score (nSPS) is 13.2. The summed E-state index contributed by atoms with van der Waals surface area (Å²) >= 11 is 0. The SMILES string of the molecule is C=C(C)c1nc(-c2ccc(F)cc2)c(-c2ccc(F)cc2)n1CC=CC(O)CC(O)CC(=O)O. The summed E-state index contributed by atoms with van der Waals surface area (Å²) in [5, 5.41) is 28.6. The van der Waals surface area contributed by atoms with E-state index in [9.17, 15) is 23.8 Å². The molecule has 3 aromatic rings. The van der Waals surface area contributed by atoms with Gasteiger partial charge in [0.15, 0.2) is 0 Å². The number of aliphatic hydroxyl groups is 2. The van der Waals surface area contributed by atoms with Crippen molar-refractivity contribution in [3.8, 4) is 22.5 Å². The van der Waals surface area contributed by atoms with E-state index in [0.29, 0.717) is 33.9 Å². The molecule has 0 aliphatic heterocycles. The molecular formula is C26H26F2N2O4. The number of hydrogen-bond acceptors (Lipinski definition) is 4. The topological polar surface area (TPSA) is 95.6 Å². The summed E-state index contributed by atoms with van der Waals surface area (Å²) in [4.78, 5) is 15.4. The number of aromatic nitrogens is 2. The second kappa shape index (κ2) is 11.0. The van der Waals surface area contributed by atoms with Crippen LogP contribution in [0.4, 0.5) is 8.78 Å². The van der Waals surface area contributed by atoms with Crippen LogP contribution in [0.5, 0.6) is 0 Å². The summed E-state index contributed by atoms with van der Waals surface area (Å²) in [6.45, 7) is 6.05. The van der Waals surface area contributed by atoms with Crippen molar-refractivity contribution in [1.82, 2.24) is 9.55 Å². The van der Waals surface area contributed by atoms with Crippen LogP contribution in [0.3, 0.4) is 0 Å². The van der Waals surface area contributed by atoms with Crippen LogP contribution in [0.1, 0.15) is 25.6 Å². The highest BCUT2D eigenvalue weighted by Crippen LogP contribution is 2.35. The molecular weight excluding hydrogens is 442 g/mol. The molecule has 3 rings (SSSR count). The Morgan fingerprint density at radius 2 is 1.62 bits per heavy atom. The number of hydrogen-bond donors (Lipinski definition) is 3. The zero-order valence-electron chi connectivity index (χ0n) is 18.7. The van der Waals surface area contributed by atoms with Crippen LogP contribution >= 0.6 is 0 Å². The zero-order chi connectivity index (χ0) is 24.8. The van der Waals surface area contributed by atoms with Crippen LogP contribution in [-0.2, 0) is 11.3 Å². The Labute approximate surface area is 196 Å². The molecule has 0 fully saturated rings. The Balaban J connectivity index is 2.01. The van der Waals surface area contributed by atoms with Gasteiger partial charge < -0.3 is 19.9 Å². The molecule has 1 heterocycles. The Hall–Kier alpha value is -3.62. The van der Waals surface area contributed by atoms with Crippen molar-refractivity contribution in [2.24, 2.45) is 0 Å². The number of aliphatic carboxylic acids is 1. The fourth-order valence-corrected chi connectivity index (χ4v) is 3.63. The number of allylic oxidation sites excluding steroid dienone is 2. The van der Waals surface area contributed by atoms with Gasteiger partial charge in [-0.25, -0.2) is 13.8 Å². The molecule has 6 nitrogen and oxygen atoms in total. The van der Waals surface area contributed by atoms with Crippen molar-refractivity contribution in [2.75, 3.05) is 0 Å². The van der Waals surface area contributed by atoms with E-state index in [2.05, 4.69) is 6.58 Å². The predicted molar refractivity (Wildman–Crippen MR) is 126 cm³/mol. The first-order chi connectivity index (χ1) is 16.2. The van der Waals surface area contributed by atoms with Gasteiger partial charge in [-0.05, 0) is 61.0 Å². The molecule has 178 valence electrons. The summed E-state index contributed by atoms with van der Waals surface area (Å²) in [5.41, 5.74) is 3.25. The molecule has 2 unspecified atom stereocenters. The molecule has 2 atom stereocenters. The van der Waals surface area contributed by atoms with Gasteiger partial charge in [0.2, 0.25) is 0 Å². The highest BCUT2D eigenvalue weighted by Gasteiger charge is 2.20. The van der Waals surface area contributed by atoms with Crippen molar-refractivity contribution in [2.45, 2.75) is 38.5 Å². The van der Waals surface area contributed by atoms with E-state index >= 15 is 0 Å². The molecule has 34 heavy (non-hydrogen) atoms. The van der Waals surface area contributed by atoms with Crippen LogP contribution < -0.4 is 0 Å². The highest BCUT2D eigenvalue weighted by atomic mass is 19.1. The monoisotopic (exact) mass is 468 g/mol. The number of aliphatic hydroxyl groups excluding tert-OH is 2. The molecule has 1 aromatic heterocycles. The van der Waals surface area contributed by atoms with E-state index in [0.717, 1.165) is 0 Å². The fraction of sp³-hybridized carbons (Fsp3) is 0.231. The van der Waals surface area contributed by atoms with Gasteiger partial charge in [0.25, 0.3) is 0 Å². The van der Waals surface area contributed by atoms with E-state index in [1.54, 1.807) is 37.3 Å². The van der Waals surface area contributed by atoms with Crippen molar-refractivity contribution >= 4 is 11.5 Å². The Kier molecular flexibility index (Phi) is 8.09. The molecule has 0 saturated heterocycles. The smallest absolute Gasteiger partial charge is 0.305 e. The van der Waals surface area contributed by atoms with Gasteiger partial charge in [-0.1, -0.05) is 18.7 Å². The number of carbonyl (C=O) groups is 1. The minimum atomic E-state index is -1.17. The fourth-order valence-electron chi connectivity index (χ4n) is 3.63. The van der Waals surface area contributed by atoms with Crippen LogP contribution in [0.25, 0.3) is 28.1 Å². The van der Waals surface area contributed by atoms with Gasteiger partial charge >= 0.3 is 5.97 Å². The van der Waals surface area contributed by atoms with Crippen LogP contribution in [0.2, 0.25) is 0 Å². The third-order valence-corrected chi connectivity index (χ3v) is 5.15. The number of imidazole rings is 1. The van der Waals surface area contributed by atoms with Gasteiger partial charge in [-0.3, -0.25) is 4.79 Å². The van der Waals surface area contributed by atoms with Crippen molar-refractivity contribution < 1.29 is 28.9 Å². The van der Waals surface area contributed by atoms with Crippen LogP contribution in [-0.4, -0.2) is 43.0 Å². The first kappa shape index (κ1) is 25.0. The molecule has 8 heteroatoms. The molecule has 0 bridgehead atoms. The average Bonchev–Trinajstić information content (AvgIpc) is 3.14. The zero-order valence-corrected chi connectivity index (χ0v) is 18.7. The molecule has 0 spiro atoms. The molecule has 0 aliphatic rings. The Morgan fingerprint density at radius 3 is 2.15 bits per heavy atom. The van der Waals surface area contributed by atoms with E-state index in [1.165, 1.54) is 30.3 Å². The maximum absolute atomic E-state index is 13.6. The van der Waals surface area contributed by atoms with Gasteiger partial charge in [0, 0.05) is 24.1 Å². The van der Waals surface area contributed by atoms with Gasteiger partial charge in [-0.2, -0.15) is 0 Å². The third kappa shape index (κ3) is 6.24. The van der Waals surface area contributed by atoms with Gasteiger partial charge in [0.1, 0.15) is 17.5 Å². The standard InChI is InChI=1S/C26H26F2N2O4/c1-16(2)26-29-24(17-5-9-19(27)10-6-17)25(18-7-11-20(28)12-8-18)30(26)13-3-4-21(31)14-22(32)15-23(33)34/h3-12,21-22,31-32H,1,13-15H2,2H3,(H,33,34). The molecule has 3 N–H and O–H groups in total. The Morgan fingerprint density at radius 1 is 1.06 bits per heavy atom. The number of carboxylic acid groups (broad SMARTS) is 1. The summed E-state index contributed by atoms with van der Waals surface area (Å²) in [7, 11) is 0. The van der Waals surface area contributed by atoms with E-state index in [-0.39, 0.29) is 24.6 Å². The molecule has 0 saturated carbocycles. The lowest BCUT2D eigenvalue weighted by Gasteiger charge is -2.13. The third-order valence-electron chi connectivity index (χ3n) is 5.15. The number of benzene rings is 2. The van der Waals surface area contributed by atoms with E-state index < -0.39 is 24.6 Å².